The van der Waals surface area contributed by atoms with Crippen LogP contribution < -0.4 is 0 Å². The number of hydrogen-bond acceptors (Lipinski definition) is 4. The molecule has 2 aromatic rings. The largest absolute Gasteiger partial charge is 0.385 e. The van der Waals surface area contributed by atoms with Crippen LogP contribution in [-0.4, -0.2) is 15.2 Å². The molecule has 1 heterocycles. The summed E-state index contributed by atoms with van der Waals surface area (Å²) < 4.78 is 17.9. The molecule has 0 amide bonds. The van der Waals surface area contributed by atoms with Crippen molar-refractivity contribution in [1.82, 2.24) is 10.1 Å². The normalized spacial score (nSPS) is 12.7. The van der Waals surface area contributed by atoms with Gasteiger partial charge in [-0.25, -0.2) is 4.39 Å². The minimum atomic E-state index is -0.758. The van der Waals surface area contributed by atoms with E-state index in [9.17, 15) is 9.50 Å². The van der Waals surface area contributed by atoms with Gasteiger partial charge in [-0.3, -0.25) is 0 Å². The van der Waals surface area contributed by atoms with E-state index in [-0.39, 0.29) is 16.7 Å². The summed E-state index contributed by atoms with van der Waals surface area (Å²) in [5.41, 5.74) is 0.445. The van der Waals surface area contributed by atoms with E-state index in [0.29, 0.717) is 12.0 Å². The molecule has 0 aliphatic heterocycles. The summed E-state index contributed by atoms with van der Waals surface area (Å²) in [5, 5.41) is 13.6. The Morgan fingerprint density at radius 2 is 2.28 bits per heavy atom. The van der Waals surface area contributed by atoms with Crippen molar-refractivity contribution in [3.8, 4) is 11.5 Å². The van der Waals surface area contributed by atoms with E-state index >= 15 is 0 Å². The lowest BCUT2D eigenvalue weighted by molar-refractivity contribution is 0.153. The van der Waals surface area contributed by atoms with Crippen molar-refractivity contribution in [1.29, 1.82) is 0 Å². The summed E-state index contributed by atoms with van der Waals surface area (Å²) >= 11 is 5.88. The molecule has 1 atom stereocenters. The van der Waals surface area contributed by atoms with E-state index in [2.05, 4.69) is 10.1 Å². The van der Waals surface area contributed by atoms with E-state index in [1.54, 1.807) is 0 Å². The molecule has 0 fully saturated rings. The van der Waals surface area contributed by atoms with Gasteiger partial charge in [-0.05, 0) is 24.6 Å². The van der Waals surface area contributed by atoms with E-state index in [4.69, 9.17) is 16.1 Å². The van der Waals surface area contributed by atoms with Crippen molar-refractivity contribution in [2.45, 2.75) is 25.9 Å². The Bertz CT molecular complexity index is 545. The van der Waals surface area contributed by atoms with Gasteiger partial charge in [0, 0.05) is 0 Å². The number of aliphatic hydroxyl groups is 1. The van der Waals surface area contributed by atoms with Crippen LogP contribution in [0.1, 0.15) is 31.7 Å². The van der Waals surface area contributed by atoms with Crippen molar-refractivity contribution in [2.75, 3.05) is 0 Å². The van der Waals surface area contributed by atoms with Gasteiger partial charge in [-0.1, -0.05) is 30.1 Å². The fourth-order valence-electron chi connectivity index (χ4n) is 1.55. The first-order valence-corrected chi connectivity index (χ1v) is 5.96. The van der Waals surface area contributed by atoms with Gasteiger partial charge < -0.3 is 9.63 Å². The van der Waals surface area contributed by atoms with Crippen LogP contribution in [0.3, 0.4) is 0 Å². The van der Waals surface area contributed by atoms with Gasteiger partial charge in [-0.2, -0.15) is 4.98 Å². The summed E-state index contributed by atoms with van der Waals surface area (Å²) in [6, 6.07) is 3.89. The fraction of sp³-hybridized carbons (Fsp3) is 0.333. The number of nitrogens with zero attached hydrogens (tertiary/aromatic N) is 2. The van der Waals surface area contributed by atoms with E-state index in [0.717, 1.165) is 6.42 Å². The summed E-state index contributed by atoms with van der Waals surface area (Å²) in [6.07, 6.45) is 0.602. The second-order valence-corrected chi connectivity index (χ2v) is 4.29. The van der Waals surface area contributed by atoms with Crippen LogP contribution in [0.2, 0.25) is 5.02 Å². The average Bonchev–Trinajstić information content (AvgIpc) is 2.78. The van der Waals surface area contributed by atoms with Crippen LogP contribution in [0.25, 0.3) is 11.5 Å². The third kappa shape index (κ3) is 2.68. The summed E-state index contributed by atoms with van der Waals surface area (Å²) in [5.74, 6) is -0.0492. The number of benzene rings is 1. The zero-order chi connectivity index (χ0) is 13.1. The Morgan fingerprint density at radius 3 is 2.94 bits per heavy atom. The lowest BCUT2D eigenvalue weighted by atomic mass is 10.2. The zero-order valence-corrected chi connectivity index (χ0v) is 10.5. The molecule has 0 aliphatic carbocycles. The van der Waals surface area contributed by atoms with Gasteiger partial charge >= 0.3 is 0 Å². The molecular formula is C12H12ClFN2O2. The number of aromatic nitrogens is 2. The smallest absolute Gasteiger partial charge is 0.259 e. The molecule has 0 spiro atoms. The average molecular weight is 271 g/mol. The highest BCUT2D eigenvalue weighted by Gasteiger charge is 2.17. The molecule has 1 aromatic heterocycles. The van der Waals surface area contributed by atoms with Gasteiger partial charge in [-0.15, -0.1) is 0 Å². The first kappa shape index (κ1) is 13.0. The molecule has 0 saturated carbocycles. The molecule has 4 nitrogen and oxygen atoms in total. The molecule has 1 N–H and O–H groups in total. The van der Waals surface area contributed by atoms with E-state index in [1.165, 1.54) is 18.2 Å². The molecular weight excluding hydrogens is 259 g/mol. The predicted octanol–water partition coefficient (Wildman–Crippen LogP) is 3.36. The number of aliphatic hydroxyl groups excluding tert-OH is 1. The van der Waals surface area contributed by atoms with Gasteiger partial charge in [0.2, 0.25) is 5.82 Å². The van der Waals surface area contributed by atoms with Gasteiger partial charge in [0.1, 0.15) is 11.9 Å². The maximum absolute atomic E-state index is 12.9. The van der Waals surface area contributed by atoms with Crippen LogP contribution in [0.4, 0.5) is 4.39 Å². The highest BCUT2D eigenvalue weighted by Crippen LogP contribution is 2.28. The Hall–Kier alpha value is -1.46. The molecule has 96 valence electrons. The molecule has 1 aromatic carbocycles. The molecule has 1 unspecified atom stereocenters. The standard InChI is InChI=1S/C12H12ClFN2O2/c1-2-3-10(17)11-15-12(18-16-11)8-5-4-7(14)6-9(8)13/h4-6,10,17H,2-3H2,1H3. The second kappa shape index (κ2) is 5.46. The maximum atomic E-state index is 12.9. The number of halogens is 2. The van der Waals surface area contributed by atoms with E-state index in [1.807, 2.05) is 6.92 Å². The van der Waals surface area contributed by atoms with Crippen LogP contribution in [0.5, 0.6) is 0 Å². The number of rotatable bonds is 4. The summed E-state index contributed by atoms with van der Waals surface area (Å²) in [6.45, 7) is 1.95. The predicted molar refractivity (Wildman–Crippen MR) is 64.6 cm³/mol. The van der Waals surface area contributed by atoms with Crippen LogP contribution >= 0.6 is 11.6 Å². The summed E-state index contributed by atoms with van der Waals surface area (Å²) in [4.78, 5) is 4.05. The first-order valence-electron chi connectivity index (χ1n) is 5.59. The molecule has 6 heteroatoms. The molecule has 18 heavy (non-hydrogen) atoms. The van der Waals surface area contributed by atoms with Crippen molar-refractivity contribution in [3.63, 3.8) is 0 Å². The molecule has 2 rings (SSSR count). The van der Waals surface area contributed by atoms with Gasteiger partial charge in [0.05, 0.1) is 10.6 Å². The van der Waals surface area contributed by atoms with Crippen LogP contribution in [-0.2, 0) is 0 Å². The monoisotopic (exact) mass is 270 g/mol. The van der Waals surface area contributed by atoms with Crippen molar-refractivity contribution < 1.29 is 14.0 Å². The fourth-order valence-corrected chi connectivity index (χ4v) is 1.79. The number of hydrogen-bond donors (Lipinski definition) is 1. The molecule has 0 saturated heterocycles. The highest BCUT2D eigenvalue weighted by molar-refractivity contribution is 6.33. The van der Waals surface area contributed by atoms with E-state index < -0.39 is 11.9 Å². The van der Waals surface area contributed by atoms with Crippen LogP contribution in [0, 0.1) is 5.82 Å². The lowest BCUT2D eigenvalue weighted by Crippen LogP contribution is -1.98. The van der Waals surface area contributed by atoms with Crippen LogP contribution in [0.15, 0.2) is 22.7 Å². The SMILES string of the molecule is CCCC(O)c1noc(-c2ccc(F)cc2Cl)n1. The Labute approximate surface area is 108 Å². The Morgan fingerprint density at radius 1 is 1.50 bits per heavy atom. The van der Waals surface area contributed by atoms with Crippen molar-refractivity contribution >= 4 is 11.6 Å². The summed E-state index contributed by atoms with van der Waals surface area (Å²) in [7, 11) is 0. The van der Waals surface area contributed by atoms with Gasteiger partial charge in [0.25, 0.3) is 5.89 Å². The quantitative estimate of drug-likeness (QED) is 0.925. The maximum Gasteiger partial charge on any atom is 0.259 e. The van der Waals surface area contributed by atoms with Crippen molar-refractivity contribution in [3.05, 3.63) is 34.9 Å². The van der Waals surface area contributed by atoms with Gasteiger partial charge in [0.15, 0.2) is 0 Å². The zero-order valence-electron chi connectivity index (χ0n) is 9.73. The lowest BCUT2D eigenvalue weighted by Gasteiger charge is -2.01. The minimum Gasteiger partial charge on any atom is -0.385 e. The molecule has 0 aliphatic rings. The Kier molecular flexibility index (Phi) is 3.93. The third-order valence-electron chi connectivity index (χ3n) is 2.46. The molecule has 0 radical (unpaired) electrons. The highest BCUT2D eigenvalue weighted by atomic mass is 35.5. The third-order valence-corrected chi connectivity index (χ3v) is 2.78. The Balaban J connectivity index is 2.29. The topological polar surface area (TPSA) is 59.2 Å². The molecule has 0 bridgehead atoms. The van der Waals surface area contributed by atoms with Crippen molar-refractivity contribution in [2.24, 2.45) is 0 Å². The second-order valence-electron chi connectivity index (χ2n) is 3.89. The minimum absolute atomic E-state index is 0.171. The first-order chi connectivity index (χ1) is 8.61.